The summed E-state index contributed by atoms with van der Waals surface area (Å²) in [6, 6.07) is 5.05. The first-order chi connectivity index (χ1) is 13.3. The second kappa shape index (κ2) is 8.87. The fourth-order valence-electron chi connectivity index (χ4n) is 2.93. The van der Waals surface area contributed by atoms with Gasteiger partial charge in [-0.1, -0.05) is 12.1 Å². The van der Waals surface area contributed by atoms with Crippen molar-refractivity contribution in [2.75, 3.05) is 16.9 Å². The fraction of sp³-hybridized carbons (Fsp3) is 0.400. The molecule has 1 atom stereocenters. The van der Waals surface area contributed by atoms with Crippen molar-refractivity contribution in [3.8, 4) is 0 Å². The Kier molecular flexibility index (Phi) is 6.51. The van der Waals surface area contributed by atoms with E-state index >= 15 is 0 Å². The van der Waals surface area contributed by atoms with Gasteiger partial charge in [0.2, 0.25) is 11.8 Å². The summed E-state index contributed by atoms with van der Waals surface area (Å²) in [5, 5.41) is 3.32. The zero-order chi connectivity index (χ0) is 20.3. The van der Waals surface area contributed by atoms with Crippen molar-refractivity contribution in [2.45, 2.75) is 39.7 Å². The summed E-state index contributed by atoms with van der Waals surface area (Å²) < 4.78 is 0. The Morgan fingerprint density at radius 3 is 2.64 bits per heavy atom. The SMILES string of the molecule is Cc1cnc(NC(=O)[C@H]2CSCN2C(=O)CCC(=O)c2ccc(C)c(C)c2)s1. The van der Waals surface area contributed by atoms with Gasteiger partial charge in [-0.05, 0) is 38.0 Å². The van der Waals surface area contributed by atoms with Crippen LogP contribution in [0.5, 0.6) is 0 Å². The lowest BCUT2D eigenvalue weighted by Crippen LogP contribution is -2.44. The maximum atomic E-state index is 12.6. The largest absolute Gasteiger partial charge is 0.321 e. The van der Waals surface area contributed by atoms with Crippen molar-refractivity contribution in [1.82, 2.24) is 9.88 Å². The number of ketones is 1. The van der Waals surface area contributed by atoms with Crippen molar-refractivity contribution in [3.05, 3.63) is 46.0 Å². The molecule has 0 spiro atoms. The smallest absolute Gasteiger partial charge is 0.249 e. The van der Waals surface area contributed by atoms with Crippen molar-refractivity contribution < 1.29 is 14.4 Å². The standard InChI is InChI=1S/C20H23N3O3S2/c1-12-4-5-15(8-13(12)2)17(24)6-7-18(25)23-11-27-10-16(23)19(26)22-20-21-9-14(3)28-20/h4-5,8-9,16H,6-7,10-11H2,1-3H3,(H,21,22,26)/t16-/m1/s1. The van der Waals surface area contributed by atoms with Gasteiger partial charge in [0.25, 0.3) is 0 Å². The van der Waals surface area contributed by atoms with Crippen LogP contribution in [0.4, 0.5) is 5.13 Å². The molecule has 1 fully saturated rings. The third kappa shape index (κ3) is 4.80. The number of aromatic nitrogens is 1. The molecule has 8 heteroatoms. The quantitative estimate of drug-likeness (QED) is 0.727. The van der Waals surface area contributed by atoms with E-state index in [0.717, 1.165) is 16.0 Å². The van der Waals surface area contributed by atoms with Crippen molar-refractivity contribution in [3.63, 3.8) is 0 Å². The van der Waals surface area contributed by atoms with E-state index in [4.69, 9.17) is 0 Å². The number of benzene rings is 1. The third-order valence-corrected chi connectivity index (χ3v) is 6.59. The Morgan fingerprint density at radius 2 is 1.96 bits per heavy atom. The molecule has 0 bridgehead atoms. The van der Waals surface area contributed by atoms with Gasteiger partial charge < -0.3 is 10.2 Å². The molecule has 0 unspecified atom stereocenters. The summed E-state index contributed by atoms with van der Waals surface area (Å²) >= 11 is 2.94. The number of amides is 2. The summed E-state index contributed by atoms with van der Waals surface area (Å²) in [5.74, 6) is 0.562. The maximum Gasteiger partial charge on any atom is 0.249 e. The number of aryl methyl sites for hydroxylation is 3. The number of anilines is 1. The van der Waals surface area contributed by atoms with Crippen LogP contribution in [0, 0.1) is 20.8 Å². The molecule has 28 heavy (non-hydrogen) atoms. The van der Waals surface area contributed by atoms with Crippen LogP contribution in [0.1, 0.15) is 39.2 Å². The van der Waals surface area contributed by atoms with Crippen LogP contribution in [-0.4, -0.2) is 45.2 Å². The number of thiazole rings is 1. The zero-order valence-corrected chi connectivity index (χ0v) is 17.8. The molecule has 0 saturated carbocycles. The minimum Gasteiger partial charge on any atom is -0.321 e. The molecule has 2 aromatic rings. The van der Waals surface area contributed by atoms with Crippen LogP contribution in [0.3, 0.4) is 0 Å². The van der Waals surface area contributed by atoms with Gasteiger partial charge in [-0.15, -0.1) is 23.1 Å². The molecule has 1 aromatic heterocycles. The van der Waals surface area contributed by atoms with Crippen LogP contribution in [0.15, 0.2) is 24.4 Å². The molecule has 1 saturated heterocycles. The molecule has 2 amide bonds. The van der Waals surface area contributed by atoms with E-state index in [-0.39, 0.29) is 30.4 Å². The van der Waals surface area contributed by atoms with Crippen molar-refractivity contribution >= 4 is 45.8 Å². The summed E-state index contributed by atoms with van der Waals surface area (Å²) in [4.78, 5) is 44.3. The van der Waals surface area contributed by atoms with E-state index in [1.165, 1.54) is 23.1 Å². The molecule has 1 aliphatic heterocycles. The molecular formula is C20H23N3O3S2. The molecule has 1 aromatic carbocycles. The van der Waals surface area contributed by atoms with Crippen LogP contribution in [0.2, 0.25) is 0 Å². The maximum absolute atomic E-state index is 12.6. The molecule has 148 valence electrons. The van der Waals surface area contributed by atoms with E-state index in [2.05, 4.69) is 10.3 Å². The molecular weight excluding hydrogens is 394 g/mol. The van der Waals surface area contributed by atoms with Crippen LogP contribution < -0.4 is 5.32 Å². The highest BCUT2D eigenvalue weighted by molar-refractivity contribution is 7.99. The van der Waals surface area contributed by atoms with Gasteiger partial charge >= 0.3 is 0 Å². The van der Waals surface area contributed by atoms with Crippen LogP contribution in [-0.2, 0) is 9.59 Å². The van der Waals surface area contributed by atoms with Crippen LogP contribution in [0.25, 0.3) is 0 Å². The molecule has 6 nitrogen and oxygen atoms in total. The number of Topliss-reactive ketones (excluding diaryl/α,β-unsaturated/α-hetero) is 1. The highest BCUT2D eigenvalue weighted by Crippen LogP contribution is 2.25. The molecule has 1 aliphatic rings. The Bertz CT molecular complexity index is 910. The monoisotopic (exact) mass is 417 g/mol. The predicted octanol–water partition coefficient (Wildman–Crippen LogP) is 3.57. The number of nitrogens with one attached hydrogen (secondary N) is 1. The average molecular weight is 418 g/mol. The second-order valence-electron chi connectivity index (χ2n) is 6.87. The van der Waals surface area contributed by atoms with E-state index in [0.29, 0.717) is 22.3 Å². The van der Waals surface area contributed by atoms with Crippen molar-refractivity contribution in [1.29, 1.82) is 0 Å². The first-order valence-corrected chi connectivity index (χ1v) is 11.0. The van der Waals surface area contributed by atoms with E-state index in [9.17, 15) is 14.4 Å². The molecule has 2 heterocycles. The molecule has 0 radical (unpaired) electrons. The second-order valence-corrected chi connectivity index (χ2v) is 9.10. The minimum atomic E-state index is -0.529. The average Bonchev–Trinajstić information content (AvgIpc) is 3.30. The number of hydrogen-bond donors (Lipinski definition) is 1. The van der Waals surface area contributed by atoms with Gasteiger partial charge in [-0.3, -0.25) is 14.4 Å². The molecule has 0 aliphatic carbocycles. The molecule has 1 N–H and O–H groups in total. The lowest BCUT2D eigenvalue weighted by atomic mass is 10.0. The van der Waals surface area contributed by atoms with Crippen LogP contribution >= 0.6 is 23.1 Å². The van der Waals surface area contributed by atoms with E-state index < -0.39 is 6.04 Å². The Hall–Kier alpha value is -2.19. The lowest BCUT2D eigenvalue weighted by Gasteiger charge is -2.22. The minimum absolute atomic E-state index is 0.0532. The van der Waals surface area contributed by atoms with Gasteiger partial charge in [0.1, 0.15) is 6.04 Å². The van der Waals surface area contributed by atoms with Gasteiger partial charge in [0.15, 0.2) is 10.9 Å². The topological polar surface area (TPSA) is 79.4 Å². The van der Waals surface area contributed by atoms with Gasteiger partial charge in [0.05, 0.1) is 5.88 Å². The lowest BCUT2D eigenvalue weighted by molar-refractivity contribution is -0.136. The highest BCUT2D eigenvalue weighted by Gasteiger charge is 2.34. The highest BCUT2D eigenvalue weighted by atomic mass is 32.2. The summed E-state index contributed by atoms with van der Waals surface area (Å²) in [6.45, 7) is 5.88. The number of carbonyl (C=O) groups excluding carboxylic acids is 3. The Morgan fingerprint density at radius 1 is 1.18 bits per heavy atom. The molecule has 3 rings (SSSR count). The summed E-state index contributed by atoms with van der Waals surface area (Å²) in [7, 11) is 0. The Labute approximate surface area is 172 Å². The normalized spacial score (nSPS) is 16.2. The summed E-state index contributed by atoms with van der Waals surface area (Å²) in [5.41, 5.74) is 2.81. The van der Waals surface area contributed by atoms with E-state index in [1.54, 1.807) is 17.2 Å². The number of rotatable bonds is 6. The first-order valence-electron chi connectivity index (χ1n) is 9.06. The number of hydrogen-bond acceptors (Lipinski definition) is 6. The number of nitrogens with zero attached hydrogens (tertiary/aromatic N) is 2. The summed E-state index contributed by atoms with van der Waals surface area (Å²) in [6.07, 6.45) is 1.94. The predicted molar refractivity (Wildman–Crippen MR) is 113 cm³/mol. The number of carbonyl (C=O) groups is 3. The van der Waals surface area contributed by atoms with Gasteiger partial charge in [-0.25, -0.2) is 4.98 Å². The third-order valence-electron chi connectivity index (χ3n) is 4.75. The van der Waals surface area contributed by atoms with E-state index in [1.807, 2.05) is 32.9 Å². The Balaban J connectivity index is 1.57. The number of thioether (sulfide) groups is 1. The van der Waals surface area contributed by atoms with Crippen molar-refractivity contribution in [2.24, 2.45) is 0 Å². The zero-order valence-electron chi connectivity index (χ0n) is 16.2. The fourth-order valence-corrected chi connectivity index (χ4v) is 4.78. The first kappa shape index (κ1) is 20.5. The van der Waals surface area contributed by atoms with Gasteiger partial charge in [-0.2, -0.15) is 0 Å². The van der Waals surface area contributed by atoms with Gasteiger partial charge in [0, 0.05) is 35.2 Å².